The highest BCUT2D eigenvalue weighted by molar-refractivity contribution is 5.32. The van der Waals surface area contributed by atoms with Gasteiger partial charge in [-0.1, -0.05) is 13.8 Å². The Balaban J connectivity index is 0.000000771. The van der Waals surface area contributed by atoms with Crippen LogP contribution in [0.1, 0.15) is 38.2 Å². The number of hydrogen-bond acceptors (Lipinski definition) is 5. The Morgan fingerprint density at radius 2 is 2.06 bits per heavy atom. The first-order chi connectivity index (χ1) is 8.72. The molecule has 2 heterocycles. The SMILES string of the molecule is CC.CC(N)c1ncnn1-c1ccc(C#N)cn1. The molecule has 0 aliphatic heterocycles. The van der Waals surface area contributed by atoms with Gasteiger partial charge in [0.15, 0.2) is 11.6 Å². The summed E-state index contributed by atoms with van der Waals surface area (Å²) in [5, 5.41) is 12.7. The fourth-order valence-corrected chi connectivity index (χ4v) is 1.31. The van der Waals surface area contributed by atoms with Gasteiger partial charge in [-0.3, -0.25) is 0 Å². The van der Waals surface area contributed by atoms with Crippen LogP contribution < -0.4 is 5.73 Å². The smallest absolute Gasteiger partial charge is 0.155 e. The third kappa shape index (κ3) is 2.90. The Hall–Kier alpha value is -2.26. The molecule has 18 heavy (non-hydrogen) atoms. The van der Waals surface area contributed by atoms with Crippen molar-refractivity contribution in [1.82, 2.24) is 19.7 Å². The summed E-state index contributed by atoms with van der Waals surface area (Å²) < 4.78 is 1.56. The quantitative estimate of drug-likeness (QED) is 0.865. The fourth-order valence-electron chi connectivity index (χ4n) is 1.31. The van der Waals surface area contributed by atoms with Crippen LogP contribution in [0, 0.1) is 11.3 Å². The van der Waals surface area contributed by atoms with E-state index >= 15 is 0 Å². The third-order valence-corrected chi connectivity index (χ3v) is 2.08. The highest BCUT2D eigenvalue weighted by atomic mass is 15.4. The summed E-state index contributed by atoms with van der Waals surface area (Å²) in [5.41, 5.74) is 6.25. The molecule has 1 atom stereocenters. The van der Waals surface area contributed by atoms with Gasteiger partial charge in [-0.2, -0.15) is 15.0 Å². The van der Waals surface area contributed by atoms with Gasteiger partial charge in [-0.15, -0.1) is 0 Å². The molecule has 0 amide bonds. The van der Waals surface area contributed by atoms with Crippen LogP contribution in [0.2, 0.25) is 0 Å². The van der Waals surface area contributed by atoms with Crippen molar-refractivity contribution in [1.29, 1.82) is 5.26 Å². The molecule has 0 saturated heterocycles. The Labute approximate surface area is 106 Å². The molecule has 0 bridgehead atoms. The normalized spacial score (nSPS) is 11.1. The lowest BCUT2D eigenvalue weighted by atomic mass is 10.3. The second-order valence-corrected chi connectivity index (χ2v) is 3.34. The molecule has 2 rings (SSSR count). The van der Waals surface area contributed by atoms with Crippen molar-refractivity contribution >= 4 is 0 Å². The van der Waals surface area contributed by atoms with E-state index in [9.17, 15) is 0 Å². The molecule has 6 heteroatoms. The Bertz CT molecular complexity index is 520. The summed E-state index contributed by atoms with van der Waals surface area (Å²) in [7, 11) is 0. The fraction of sp³-hybridized carbons (Fsp3) is 0.333. The first kappa shape index (κ1) is 13.8. The summed E-state index contributed by atoms with van der Waals surface area (Å²) in [6.07, 6.45) is 2.92. The van der Waals surface area contributed by atoms with E-state index in [2.05, 4.69) is 15.1 Å². The molecule has 0 radical (unpaired) electrons. The van der Waals surface area contributed by atoms with Gasteiger partial charge >= 0.3 is 0 Å². The number of nitriles is 1. The van der Waals surface area contributed by atoms with Crippen molar-refractivity contribution in [2.75, 3.05) is 0 Å². The van der Waals surface area contributed by atoms with Crippen molar-refractivity contribution < 1.29 is 0 Å². The van der Waals surface area contributed by atoms with E-state index in [1.807, 2.05) is 26.8 Å². The monoisotopic (exact) mass is 244 g/mol. The lowest BCUT2D eigenvalue weighted by molar-refractivity contribution is 0.681. The van der Waals surface area contributed by atoms with E-state index in [1.54, 1.807) is 16.8 Å². The van der Waals surface area contributed by atoms with E-state index in [4.69, 9.17) is 11.0 Å². The molecule has 0 aromatic carbocycles. The molecule has 6 nitrogen and oxygen atoms in total. The van der Waals surface area contributed by atoms with Crippen molar-refractivity contribution in [3.63, 3.8) is 0 Å². The Morgan fingerprint density at radius 3 is 2.56 bits per heavy atom. The second-order valence-electron chi connectivity index (χ2n) is 3.34. The highest BCUT2D eigenvalue weighted by Crippen LogP contribution is 2.10. The highest BCUT2D eigenvalue weighted by Gasteiger charge is 2.11. The largest absolute Gasteiger partial charge is 0.322 e. The lowest BCUT2D eigenvalue weighted by Crippen LogP contribution is -2.14. The summed E-state index contributed by atoms with van der Waals surface area (Å²) in [4.78, 5) is 8.17. The van der Waals surface area contributed by atoms with Crippen molar-refractivity contribution in [3.8, 4) is 11.9 Å². The summed E-state index contributed by atoms with van der Waals surface area (Å²) in [5.74, 6) is 1.24. The molecule has 0 fully saturated rings. The minimum absolute atomic E-state index is 0.222. The van der Waals surface area contributed by atoms with Crippen LogP contribution in [-0.2, 0) is 0 Å². The number of pyridine rings is 1. The zero-order valence-electron chi connectivity index (χ0n) is 10.7. The maximum atomic E-state index is 8.66. The van der Waals surface area contributed by atoms with Crippen LogP contribution in [0.5, 0.6) is 0 Å². The lowest BCUT2D eigenvalue weighted by Gasteiger charge is -2.06. The maximum Gasteiger partial charge on any atom is 0.155 e. The molecule has 1 unspecified atom stereocenters. The van der Waals surface area contributed by atoms with Gasteiger partial charge in [-0.25, -0.2) is 9.97 Å². The minimum atomic E-state index is -0.222. The number of rotatable bonds is 2. The van der Waals surface area contributed by atoms with Gasteiger partial charge < -0.3 is 5.73 Å². The van der Waals surface area contributed by atoms with Crippen LogP contribution in [0.25, 0.3) is 5.82 Å². The van der Waals surface area contributed by atoms with Crippen LogP contribution in [-0.4, -0.2) is 19.7 Å². The summed E-state index contributed by atoms with van der Waals surface area (Å²) in [6.45, 7) is 5.82. The molecule has 2 N–H and O–H groups in total. The zero-order chi connectivity index (χ0) is 13.5. The van der Waals surface area contributed by atoms with Crippen LogP contribution in [0.4, 0.5) is 0 Å². The molecule has 0 aliphatic rings. The van der Waals surface area contributed by atoms with Crippen LogP contribution in [0.3, 0.4) is 0 Å². The number of aromatic nitrogens is 4. The predicted molar refractivity (Wildman–Crippen MR) is 67.8 cm³/mol. The Morgan fingerprint density at radius 1 is 1.33 bits per heavy atom. The van der Waals surface area contributed by atoms with Crippen LogP contribution >= 0.6 is 0 Å². The number of nitrogens with zero attached hydrogens (tertiary/aromatic N) is 5. The van der Waals surface area contributed by atoms with E-state index in [1.165, 1.54) is 12.5 Å². The number of nitrogens with two attached hydrogens (primary N) is 1. The molecular formula is C12H16N6. The van der Waals surface area contributed by atoms with Gasteiger partial charge in [0.25, 0.3) is 0 Å². The molecule has 0 spiro atoms. The van der Waals surface area contributed by atoms with Crippen LogP contribution in [0.15, 0.2) is 24.7 Å². The second kappa shape index (κ2) is 6.47. The minimum Gasteiger partial charge on any atom is -0.322 e. The van der Waals surface area contributed by atoms with Gasteiger partial charge in [-0.05, 0) is 19.1 Å². The standard InChI is InChI=1S/C10H10N6.C2H6/c1-7(12)10-14-6-15-16(10)9-3-2-8(4-11)5-13-9;1-2/h2-3,5-7H,12H2,1H3;1-2H3. The Kier molecular flexibility index (Phi) is 4.96. The molecule has 0 aliphatic carbocycles. The molecule has 94 valence electrons. The van der Waals surface area contributed by atoms with E-state index in [-0.39, 0.29) is 6.04 Å². The van der Waals surface area contributed by atoms with Crippen molar-refractivity contribution in [2.45, 2.75) is 26.8 Å². The van der Waals surface area contributed by atoms with Gasteiger partial charge in [0.05, 0.1) is 11.6 Å². The van der Waals surface area contributed by atoms with Gasteiger partial charge in [0, 0.05) is 6.20 Å². The zero-order valence-corrected chi connectivity index (χ0v) is 10.7. The maximum absolute atomic E-state index is 8.66. The first-order valence-corrected chi connectivity index (χ1v) is 5.74. The number of hydrogen-bond donors (Lipinski definition) is 1. The average Bonchev–Trinajstić information content (AvgIpc) is 2.90. The average molecular weight is 244 g/mol. The molecule has 0 saturated carbocycles. The van der Waals surface area contributed by atoms with Gasteiger partial charge in [0.1, 0.15) is 12.4 Å². The van der Waals surface area contributed by atoms with Crippen molar-refractivity contribution in [3.05, 3.63) is 36.0 Å². The van der Waals surface area contributed by atoms with Gasteiger partial charge in [0.2, 0.25) is 0 Å². The molecule has 2 aromatic rings. The van der Waals surface area contributed by atoms with E-state index < -0.39 is 0 Å². The van der Waals surface area contributed by atoms with E-state index in [0.29, 0.717) is 17.2 Å². The topological polar surface area (TPSA) is 93.4 Å². The van der Waals surface area contributed by atoms with Crippen molar-refractivity contribution in [2.24, 2.45) is 5.73 Å². The summed E-state index contributed by atoms with van der Waals surface area (Å²) in [6, 6.07) is 5.17. The van der Waals surface area contributed by atoms with E-state index in [0.717, 1.165) is 0 Å². The molecular weight excluding hydrogens is 228 g/mol. The predicted octanol–water partition coefficient (Wildman–Crippen LogP) is 1.58. The third-order valence-electron chi connectivity index (χ3n) is 2.08. The first-order valence-electron chi connectivity index (χ1n) is 5.74. The molecule has 2 aromatic heterocycles. The summed E-state index contributed by atoms with van der Waals surface area (Å²) >= 11 is 0.